The van der Waals surface area contributed by atoms with Crippen LogP contribution in [0.2, 0.25) is 0 Å². The molecule has 0 amide bonds. The minimum Gasteiger partial charge on any atom is -0.507 e. The van der Waals surface area contributed by atoms with E-state index in [1.807, 2.05) is 24.4 Å². The van der Waals surface area contributed by atoms with Crippen LogP contribution in [0.5, 0.6) is 5.75 Å². The zero-order chi connectivity index (χ0) is 55.4. The molecular formula is C74H72N3OPt-. The quantitative estimate of drug-likeness (QED) is 0.131. The Morgan fingerprint density at radius 2 is 1.16 bits per heavy atom. The van der Waals surface area contributed by atoms with Crippen molar-refractivity contribution in [1.29, 1.82) is 0 Å². The van der Waals surface area contributed by atoms with Gasteiger partial charge < -0.3 is 5.11 Å². The maximum atomic E-state index is 12.7. The van der Waals surface area contributed by atoms with Crippen molar-refractivity contribution in [3.63, 3.8) is 0 Å². The summed E-state index contributed by atoms with van der Waals surface area (Å²) < 4.78 is 21.2. The molecule has 2 aromatic heterocycles. The molecule has 12 rings (SSSR count). The van der Waals surface area contributed by atoms with Gasteiger partial charge in [0.1, 0.15) is 11.6 Å². The fourth-order valence-corrected chi connectivity index (χ4v) is 12.3. The van der Waals surface area contributed by atoms with E-state index in [2.05, 4.69) is 222 Å². The minimum atomic E-state index is -0.737. The van der Waals surface area contributed by atoms with Gasteiger partial charge in [-0.3, -0.25) is 9.55 Å². The number of aromatic hydroxyl groups is 1. The molecule has 1 N–H and O–H groups in total. The van der Waals surface area contributed by atoms with Gasteiger partial charge in [-0.15, -0.1) is 23.8 Å². The van der Waals surface area contributed by atoms with Crippen LogP contribution in [-0.4, -0.2) is 19.6 Å². The van der Waals surface area contributed by atoms with E-state index >= 15 is 0 Å². The standard InChI is InChI=1S/C74H72N3O.Pt/c1-73(2,3)62-47-65(71(78)66(48-62)74(4,5)6)72-76-70-63(27-18-28-69(70)77(72)68-38-29-50(41-49-19-16-17-20-49)42-64(68)57-25-14-9-15-26-57)60-43-59(52-23-12-8-13-24-52)44-61(45-60)67-46-58(39-40-75-67)56-36-34-55(35-37-56)54-32-30-53(31-33-54)51-21-10-7-11-22-51;/h7-15,18,21-29,34-40,42-44,46-49,53-54,78H,16-17,19-20,30-33,41H2,1-6H3;/q-1;/i53D,54D;. The fraction of sp³-hybridized carbons (Fsp3) is 0.270. The maximum absolute atomic E-state index is 12.7. The molecule has 8 aromatic carbocycles. The van der Waals surface area contributed by atoms with Crippen LogP contribution in [0.3, 0.4) is 0 Å². The number of imidazole rings is 1. The smallest absolute Gasteiger partial charge is 0.148 e. The molecule has 0 radical (unpaired) electrons. The summed E-state index contributed by atoms with van der Waals surface area (Å²) >= 11 is 0. The summed E-state index contributed by atoms with van der Waals surface area (Å²) in [5.74, 6) is 0.226. The molecule has 2 heterocycles. The number of rotatable bonds is 11. The molecule has 2 aliphatic carbocycles. The van der Waals surface area contributed by atoms with Gasteiger partial charge in [0.05, 0.1) is 22.3 Å². The van der Waals surface area contributed by atoms with E-state index in [4.69, 9.17) is 9.97 Å². The van der Waals surface area contributed by atoms with Gasteiger partial charge in [0.25, 0.3) is 0 Å². The number of benzene rings is 8. The Bertz CT molecular complexity index is 3860. The first-order valence-electron chi connectivity index (χ1n) is 29.4. The number of phenols is 1. The largest absolute Gasteiger partial charge is 0.507 e. The first-order valence-corrected chi connectivity index (χ1v) is 28.4. The van der Waals surface area contributed by atoms with Crippen molar-refractivity contribution in [2.75, 3.05) is 0 Å². The number of phenolic OH excluding ortho intramolecular Hbond substituents is 1. The molecule has 0 spiro atoms. The summed E-state index contributed by atoms with van der Waals surface area (Å²) in [6.07, 6.45) is 10.7. The molecule has 0 saturated heterocycles. The van der Waals surface area contributed by atoms with E-state index in [1.165, 1.54) is 31.2 Å². The van der Waals surface area contributed by atoms with Crippen molar-refractivity contribution >= 4 is 11.0 Å². The normalized spacial score (nSPS) is 18.3. The second kappa shape index (κ2) is 22.5. The number of fused-ring (bicyclic) bond motifs is 1. The molecule has 10 aromatic rings. The molecule has 4 nitrogen and oxygen atoms in total. The average Bonchev–Trinajstić information content (AvgIpc) is 4.27. The van der Waals surface area contributed by atoms with Gasteiger partial charge in [0.2, 0.25) is 0 Å². The summed E-state index contributed by atoms with van der Waals surface area (Å²) in [4.78, 5) is 10.8. The Labute approximate surface area is 486 Å². The Morgan fingerprint density at radius 1 is 0.544 bits per heavy atom. The van der Waals surface area contributed by atoms with Crippen LogP contribution in [-0.2, 0) is 38.3 Å². The van der Waals surface area contributed by atoms with Crippen molar-refractivity contribution in [3.05, 3.63) is 228 Å². The molecule has 0 unspecified atom stereocenters. The van der Waals surface area contributed by atoms with Gasteiger partial charge in [0, 0.05) is 46.8 Å². The van der Waals surface area contributed by atoms with E-state index in [9.17, 15) is 7.85 Å². The third kappa shape index (κ3) is 11.2. The molecule has 79 heavy (non-hydrogen) atoms. The van der Waals surface area contributed by atoms with Crippen LogP contribution >= 0.6 is 0 Å². The third-order valence-electron chi connectivity index (χ3n) is 16.7. The predicted octanol–water partition coefficient (Wildman–Crippen LogP) is 19.7. The Hall–Kier alpha value is -7.13. The van der Waals surface area contributed by atoms with Gasteiger partial charge in [-0.25, -0.2) is 4.98 Å². The zero-order valence-corrected chi connectivity index (χ0v) is 48.8. The molecule has 0 aliphatic heterocycles. The Morgan fingerprint density at radius 3 is 1.82 bits per heavy atom. The fourth-order valence-electron chi connectivity index (χ4n) is 12.3. The molecule has 2 aliphatic rings. The molecule has 400 valence electrons. The molecule has 0 atom stereocenters. The van der Waals surface area contributed by atoms with E-state index in [-0.39, 0.29) is 37.6 Å². The zero-order valence-electron chi connectivity index (χ0n) is 48.5. The van der Waals surface area contributed by atoms with E-state index in [0.717, 1.165) is 101 Å². The summed E-state index contributed by atoms with van der Waals surface area (Å²) in [5.41, 5.74) is 18.2. The van der Waals surface area contributed by atoms with Gasteiger partial charge >= 0.3 is 0 Å². The van der Waals surface area contributed by atoms with Crippen molar-refractivity contribution in [2.24, 2.45) is 5.92 Å². The molecular weight excluding hydrogens is 1140 g/mol. The van der Waals surface area contributed by atoms with E-state index in [1.54, 1.807) is 0 Å². The van der Waals surface area contributed by atoms with Crippen LogP contribution in [0.4, 0.5) is 0 Å². The van der Waals surface area contributed by atoms with E-state index < -0.39 is 11.8 Å². The number of pyridine rings is 1. The van der Waals surface area contributed by atoms with Crippen LogP contribution in [0, 0.1) is 12.0 Å². The average molecular weight is 1220 g/mol. The predicted molar refractivity (Wildman–Crippen MR) is 325 cm³/mol. The Balaban J connectivity index is 0.00000690. The Kier molecular flexibility index (Phi) is 14.6. The summed E-state index contributed by atoms with van der Waals surface area (Å²) in [5, 5.41) is 12.7. The molecule has 5 heteroatoms. The SMILES string of the molecule is [2H]C1(c2ccccc2)CCC([2H])(c2ccc(-c3ccnc(-c4[c-]c(-c5cccc6c5nc(-c5cc(C(C)(C)C)cc(C(C)(C)C)c5O)n6-c5ccc(CC6CCCC6)cc5-c5ccccc5)cc(-c5ccccc5)c4)c3)cc2)CC1.[Pt]. The van der Waals surface area contributed by atoms with Crippen molar-refractivity contribution in [3.8, 4) is 78.6 Å². The van der Waals surface area contributed by atoms with Crippen molar-refractivity contribution in [1.82, 2.24) is 14.5 Å². The molecule has 2 saturated carbocycles. The van der Waals surface area contributed by atoms with Gasteiger partial charge in [-0.2, -0.15) is 0 Å². The number of nitrogens with zero attached hydrogens (tertiary/aromatic N) is 3. The molecule has 2 fully saturated rings. The first-order chi connectivity index (χ1) is 38.5. The van der Waals surface area contributed by atoms with Crippen LogP contribution in [0.15, 0.2) is 194 Å². The number of hydrogen-bond donors (Lipinski definition) is 1. The third-order valence-corrected chi connectivity index (χ3v) is 16.7. The van der Waals surface area contributed by atoms with Crippen LogP contribution < -0.4 is 0 Å². The number of para-hydroxylation sites is 1. The maximum Gasteiger partial charge on any atom is 0.148 e. The van der Waals surface area contributed by atoms with Crippen molar-refractivity contribution in [2.45, 2.75) is 122 Å². The van der Waals surface area contributed by atoms with Gasteiger partial charge in [-0.05, 0) is 135 Å². The van der Waals surface area contributed by atoms with E-state index in [0.29, 0.717) is 43.0 Å². The van der Waals surface area contributed by atoms with Crippen LogP contribution in [0.25, 0.3) is 83.9 Å². The van der Waals surface area contributed by atoms with Gasteiger partial charge in [-0.1, -0.05) is 230 Å². The number of aromatic nitrogens is 3. The van der Waals surface area contributed by atoms with Crippen molar-refractivity contribution < 1.29 is 28.9 Å². The minimum absolute atomic E-state index is 0. The second-order valence-corrected chi connectivity index (χ2v) is 24.1. The van der Waals surface area contributed by atoms with Gasteiger partial charge in [0.15, 0.2) is 0 Å². The molecule has 0 bridgehead atoms. The first kappa shape index (κ1) is 51.3. The topological polar surface area (TPSA) is 50.9 Å². The van der Waals surface area contributed by atoms with Crippen LogP contribution in [0.1, 0.15) is 135 Å². The summed E-state index contributed by atoms with van der Waals surface area (Å²) in [7, 11) is 0. The second-order valence-electron chi connectivity index (χ2n) is 24.1. The number of hydrogen-bond acceptors (Lipinski definition) is 3. The summed E-state index contributed by atoms with van der Waals surface area (Å²) in [6, 6.07) is 70.3. The summed E-state index contributed by atoms with van der Waals surface area (Å²) in [6.45, 7) is 13.2. The monoisotopic (exact) mass is 1220 g/mol.